The van der Waals surface area contributed by atoms with E-state index in [1.54, 1.807) is 13.2 Å². The predicted molar refractivity (Wildman–Crippen MR) is 112 cm³/mol. The smallest absolute Gasteiger partial charge is 0.291 e. The van der Waals surface area contributed by atoms with Gasteiger partial charge in [0.15, 0.2) is 0 Å². The van der Waals surface area contributed by atoms with Crippen LogP contribution in [0.1, 0.15) is 25.6 Å². The summed E-state index contributed by atoms with van der Waals surface area (Å²) in [5.74, 6) is 1.15. The minimum Gasteiger partial charge on any atom is -0.496 e. The molecular weight excluding hydrogens is 370 g/mol. The number of likely N-dealkylation sites (N-methyl/N-ethyl adjacent to an activating group) is 1. The number of carbonyl (C=O) groups excluding carboxylic acids is 1. The van der Waals surface area contributed by atoms with Crippen molar-refractivity contribution in [2.75, 3.05) is 26.7 Å². The summed E-state index contributed by atoms with van der Waals surface area (Å²) in [4.78, 5) is 27.9. The van der Waals surface area contributed by atoms with Gasteiger partial charge in [0.1, 0.15) is 23.6 Å². The van der Waals surface area contributed by atoms with Gasteiger partial charge in [0.2, 0.25) is 5.91 Å². The third-order valence-electron chi connectivity index (χ3n) is 5.80. The molecule has 0 aliphatic carbocycles. The molecule has 0 radical (unpaired) electrons. The monoisotopic (exact) mass is 397 g/mol. The molecule has 0 spiro atoms. The molecule has 1 aromatic carbocycles. The number of amides is 1. The first-order valence-electron chi connectivity index (χ1n) is 10.1. The molecule has 8 nitrogen and oxygen atoms in total. The number of methoxy groups -OCH3 is 1. The van der Waals surface area contributed by atoms with Crippen molar-refractivity contribution in [1.29, 1.82) is 0 Å². The third kappa shape index (κ3) is 3.48. The average molecular weight is 397 g/mol. The molecule has 1 unspecified atom stereocenters. The lowest BCUT2D eigenvalue weighted by Crippen LogP contribution is -2.42. The molecule has 1 aliphatic heterocycles. The molecule has 1 N–H and O–H groups in total. The van der Waals surface area contributed by atoms with Crippen LogP contribution in [0.15, 0.2) is 29.1 Å². The van der Waals surface area contributed by atoms with Gasteiger partial charge >= 0.3 is 0 Å². The van der Waals surface area contributed by atoms with Crippen LogP contribution >= 0.6 is 0 Å². The van der Waals surface area contributed by atoms with Crippen LogP contribution in [-0.4, -0.2) is 57.8 Å². The summed E-state index contributed by atoms with van der Waals surface area (Å²) < 4.78 is 8.48. The molecule has 1 amide bonds. The van der Waals surface area contributed by atoms with E-state index in [4.69, 9.17) is 4.74 Å². The summed E-state index contributed by atoms with van der Waals surface area (Å²) in [6.45, 7) is 6.56. The first-order chi connectivity index (χ1) is 14.0. The summed E-state index contributed by atoms with van der Waals surface area (Å²) >= 11 is 0. The van der Waals surface area contributed by atoms with Crippen molar-refractivity contribution in [3.05, 3.63) is 40.4 Å². The number of likely N-dealkylation sites (tertiary alicyclic amines) is 1. The number of benzene rings is 1. The molecule has 29 heavy (non-hydrogen) atoms. The second-order valence-corrected chi connectivity index (χ2v) is 7.50. The maximum Gasteiger partial charge on any atom is 0.291 e. The summed E-state index contributed by atoms with van der Waals surface area (Å²) in [6.07, 6.45) is 2.26. The van der Waals surface area contributed by atoms with E-state index < -0.39 is 0 Å². The zero-order chi connectivity index (χ0) is 20.5. The van der Waals surface area contributed by atoms with Crippen molar-refractivity contribution < 1.29 is 9.53 Å². The Morgan fingerprint density at radius 3 is 2.93 bits per heavy atom. The zero-order valence-electron chi connectivity index (χ0n) is 17.1. The van der Waals surface area contributed by atoms with Gasteiger partial charge in [0, 0.05) is 18.0 Å². The number of nitrogens with one attached hydrogen (secondary N) is 1. The van der Waals surface area contributed by atoms with E-state index in [0.29, 0.717) is 29.7 Å². The van der Waals surface area contributed by atoms with Crippen molar-refractivity contribution in [1.82, 2.24) is 24.4 Å². The number of carbonyl (C=O) groups is 1. The second kappa shape index (κ2) is 7.87. The van der Waals surface area contributed by atoms with E-state index in [9.17, 15) is 9.59 Å². The Morgan fingerprint density at radius 2 is 2.17 bits per heavy atom. The van der Waals surface area contributed by atoms with Gasteiger partial charge in [-0.3, -0.25) is 18.9 Å². The number of aromatic nitrogens is 3. The second-order valence-electron chi connectivity index (χ2n) is 7.50. The van der Waals surface area contributed by atoms with Crippen molar-refractivity contribution in [3.63, 3.8) is 0 Å². The maximum atomic E-state index is 13.0. The van der Waals surface area contributed by atoms with Crippen molar-refractivity contribution in [3.8, 4) is 5.75 Å². The van der Waals surface area contributed by atoms with Gasteiger partial charge in [0.05, 0.1) is 12.6 Å². The Kier molecular flexibility index (Phi) is 5.27. The molecule has 1 aliphatic rings. The minimum absolute atomic E-state index is 0.0896. The maximum absolute atomic E-state index is 13.0. The van der Waals surface area contributed by atoms with E-state index in [0.717, 1.165) is 36.8 Å². The summed E-state index contributed by atoms with van der Waals surface area (Å²) in [7, 11) is 1.61. The normalized spacial score (nSPS) is 17.3. The van der Waals surface area contributed by atoms with Crippen LogP contribution in [0.4, 0.5) is 0 Å². The topological polar surface area (TPSA) is 80.9 Å². The van der Waals surface area contributed by atoms with Crippen molar-refractivity contribution in [2.45, 2.75) is 39.3 Å². The molecule has 8 heteroatoms. The van der Waals surface area contributed by atoms with Crippen LogP contribution in [0.25, 0.3) is 16.4 Å². The van der Waals surface area contributed by atoms with Gasteiger partial charge in [-0.05, 0) is 51.1 Å². The fraction of sp³-hybridized carbons (Fsp3) is 0.476. The molecular formula is C21H27N5O3. The summed E-state index contributed by atoms with van der Waals surface area (Å²) in [5, 5.41) is 8.20. The van der Waals surface area contributed by atoms with Gasteiger partial charge < -0.3 is 10.1 Å². The SMILES string of the molecule is CCN1CCCC1CNC(=O)Cn1nc(C)n2c(cc3c(OC)cccc32)c1=O. The average Bonchev–Trinajstić information content (AvgIpc) is 3.34. The number of hydrogen-bond acceptors (Lipinski definition) is 5. The van der Waals surface area contributed by atoms with Crippen molar-refractivity contribution >= 4 is 22.3 Å². The lowest BCUT2D eigenvalue weighted by atomic mass is 10.2. The molecule has 2 aromatic heterocycles. The fourth-order valence-electron chi connectivity index (χ4n) is 4.36. The standard InChI is InChI=1S/C21H27N5O3/c1-4-24-10-6-7-15(24)12-22-20(27)13-25-21(28)18-11-16-17(26(18)14(2)23-25)8-5-9-19(16)29-3/h5,8-9,11,15H,4,6-7,10,12-13H2,1-3H3,(H,22,27). The van der Waals surface area contributed by atoms with E-state index in [-0.39, 0.29) is 18.0 Å². The Balaban J connectivity index is 1.59. The van der Waals surface area contributed by atoms with E-state index >= 15 is 0 Å². The van der Waals surface area contributed by atoms with Crippen LogP contribution in [0.2, 0.25) is 0 Å². The number of nitrogens with zero attached hydrogens (tertiary/aromatic N) is 4. The Hall–Kier alpha value is -2.87. The van der Waals surface area contributed by atoms with E-state index in [1.165, 1.54) is 4.68 Å². The lowest BCUT2D eigenvalue weighted by molar-refractivity contribution is -0.122. The lowest BCUT2D eigenvalue weighted by Gasteiger charge is -2.22. The molecule has 1 atom stereocenters. The largest absolute Gasteiger partial charge is 0.496 e. The molecule has 1 fully saturated rings. The van der Waals surface area contributed by atoms with Crippen LogP contribution in [0, 0.1) is 6.92 Å². The minimum atomic E-state index is -0.292. The Morgan fingerprint density at radius 1 is 1.34 bits per heavy atom. The van der Waals surface area contributed by atoms with Gasteiger partial charge in [-0.25, -0.2) is 4.68 Å². The highest BCUT2D eigenvalue weighted by atomic mass is 16.5. The highest BCUT2D eigenvalue weighted by Crippen LogP contribution is 2.28. The molecule has 3 heterocycles. The van der Waals surface area contributed by atoms with Crippen LogP contribution in [-0.2, 0) is 11.3 Å². The number of hydrogen-bond donors (Lipinski definition) is 1. The molecule has 1 saturated heterocycles. The zero-order valence-corrected chi connectivity index (χ0v) is 17.1. The molecule has 0 saturated carbocycles. The first kappa shape index (κ1) is 19.4. The highest BCUT2D eigenvalue weighted by molar-refractivity contribution is 5.92. The number of fused-ring (bicyclic) bond motifs is 3. The van der Waals surface area contributed by atoms with E-state index in [1.807, 2.05) is 29.5 Å². The Labute approximate surface area is 169 Å². The molecule has 4 rings (SSSR count). The number of rotatable bonds is 6. The van der Waals surface area contributed by atoms with Crippen LogP contribution in [0.3, 0.4) is 0 Å². The third-order valence-corrected chi connectivity index (χ3v) is 5.80. The van der Waals surface area contributed by atoms with Gasteiger partial charge in [0.25, 0.3) is 5.56 Å². The number of aryl methyl sites for hydroxylation is 1. The van der Waals surface area contributed by atoms with Gasteiger partial charge in [-0.15, -0.1) is 0 Å². The highest BCUT2D eigenvalue weighted by Gasteiger charge is 2.23. The first-order valence-corrected chi connectivity index (χ1v) is 10.1. The molecule has 3 aromatic rings. The van der Waals surface area contributed by atoms with Crippen LogP contribution < -0.4 is 15.6 Å². The predicted octanol–water partition coefficient (Wildman–Crippen LogP) is 1.57. The quantitative estimate of drug-likeness (QED) is 0.683. The van der Waals surface area contributed by atoms with Crippen LogP contribution in [0.5, 0.6) is 5.75 Å². The van der Waals surface area contributed by atoms with Gasteiger partial charge in [-0.1, -0.05) is 13.0 Å². The fourth-order valence-corrected chi connectivity index (χ4v) is 4.36. The van der Waals surface area contributed by atoms with Gasteiger partial charge in [-0.2, -0.15) is 5.10 Å². The number of ether oxygens (including phenoxy) is 1. The summed E-state index contributed by atoms with van der Waals surface area (Å²) in [6, 6.07) is 7.85. The van der Waals surface area contributed by atoms with Crippen molar-refractivity contribution in [2.24, 2.45) is 0 Å². The van der Waals surface area contributed by atoms with E-state index in [2.05, 4.69) is 22.2 Å². The molecule has 154 valence electrons. The Bertz CT molecular complexity index is 1120. The molecule has 0 bridgehead atoms. The summed E-state index contributed by atoms with van der Waals surface area (Å²) in [5.41, 5.74) is 1.05.